The third-order valence-corrected chi connectivity index (χ3v) is 4.42. The molecule has 144 valence electrons. The Hall–Kier alpha value is -3.43. The lowest BCUT2D eigenvalue weighted by molar-refractivity contribution is 0.323. The first-order valence-electron chi connectivity index (χ1n) is 8.05. The van der Waals surface area contributed by atoms with Crippen LogP contribution in [0.15, 0.2) is 26.8 Å². The standard InChI is InChI=1S/C17H20N4O6/c1-21-16(23)13(15(22)18-17(21)24)10-7-9(19-20-10)8-5-11(25-2)14(27-4)12(6-8)26-3/h5-6,9,19,23H,7H2,1-4H3,(H,18,22,24)/t9-/m0/s1. The van der Waals surface area contributed by atoms with Crippen LogP contribution in [0.5, 0.6) is 23.1 Å². The number of H-pyrrole nitrogens is 1. The molecule has 0 amide bonds. The Labute approximate surface area is 154 Å². The van der Waals surface area contributed by atoms with Crippen molar-refractivity contribution in [2.75, 3.05) is 21.3 Å². The number of hydrogen-bond acceptors (Lipinski definition) is 8. The summed E-state index contributed by atoms with van der Waals surface area (Å²) in [6, 6.07) is 3.27. The molecular formula is C17H20N4O6. The molecule has 1 atom stereocenters. The Morgan fingerprint density at radius 3 is 2.33 bits per heavy atom. The highest BCUT2D eigenvalue weighted by Crippen LogP contribution is 2.41. The monoisotopic (exact) mass is 376 g/mol. The minimum absolute atomic E-state index is 0.0421. The highest BCUT2D eigenvalue weighted by Gasteiger charge is 2.28. The second-order valence-electron chi connectivity index (χ2n) is 5.92. The van der Waals surface area contributed by atoms with Crippen LogP contribution in [0.2, 0.25) is 0 Å². The van der Waals surface area contributed by atoms with Gasteiger partial charge in [0.15, 0.2) is 11.5 Å². The van der Waals surface area contributed by atoms with E-state index in [1.807, 2.05) is 0 Å². The van der Waals surface area contributed by atoms with Crippen LogP contribution < -0.4 is 30.9 Å². The number of aromatic hydroxyl groups is 1. The lowest BCUT2D eigenvalue weighted by Gasteiger charge is -2.17. The van der Waals surface area contributed by atoms with Crippen molar-refractivity contribution < 1.29 is 19.3 Å². The molecule has 0 fully saturated rings. The molecule has 0 saturated carbocycles. The number of ether oxygens (including phenoxy) is 3. The molecule has 10 heteroatoms. The van der Waals surface area contributed by atoms with Crippen LogP contribution in [0.4, 0.5) is 0 Å². The number of methoxy groups -OCH3 is 3. The summed E-state index contributed by atoms with van der Waals surface area (Å²) in [6.45, 7) is 0. The topological polar surface area (TPSA) is 127 Å². The summed E-state index contributed by atoms with van der Waals surface area (Å²) in [5.41, 5.74) is 2.63. The van der Waals surface area contributed by atoms with E-state index in [1.54, 1.807) is 12.1 Å². The number of hydrazone groups is 1. The molecule has 0 spiro atoms. The smallest absolute Gasteiger partial charge is 0.330 e. The van der Waals surface area contributed by atoms with Gasteiger partial charge in [-0.15, -0.1) is 0 Å². The zero-order valence-corrected chi connectivity index (χ0v) is 15.3. The molecule has 0 aliphatic carbocycles. The molecule has 0 saturated heterocycles. The lowest BCUT2D eigenvalue weighted by atomic mass is 9.99. The molecule has 1 aliphatic rings. The summed E-state index contributed by atoms with van der Waals surface area (Å²) in [5.74, 6) is 1.01. The summed E-state index contributed by atoms with van der Waals surface area (Å²) in [7, 11) is 5.92. The van der Waals surface area contributed by atoms with E-state index in [9.17, 15) is 14.7 Å². The second-order valence-corrected chi connectivity index (χ2v) is 5.92. The first-order valence-corrected chi connectivity index (χ1v) is 8.05. The Morgan fingerprint density at radius 1 is 1.15 bits per heavy atom. The van der Waals surface area contributed by atoms with Crippen LogP contribution >= 0.6 is 0 Å². The molecule has 1 aromatic heterocycles. The van der Waals surface area contributed by atoms with Gasteiger partial charge in [-0.05, 0) is 17.7 Å². The van der Waals surface area contributed by atoms with E-state index in [2.05, 4.69) is 15.5 Å². The Morgan fingerprint density at radius 2 is 1.78 bits per heavy atom. The molecule has 3 rings (SSSR count). The van der Waals surface area contributed by atoms with Gasteiger partial charge >= 0.3 is 5.69 Å². The number of aromatic amines is 1. The number of aromatic nitrogens is 2. The summed E-state index contributed by atoms with van der Waals surface area (Å²) in [5, 5.41) is 14.4. The first kappa shape index (κ1) is 18.4. The van der Waals surface area contributed by atoms with Crippen molar-refractivity contribution in [3.05, 3.63) is 44.1 Å². The first-order chi connectivity index (χ1) is 12.9. The highest BCUT2D eigenvalue weighted by molar-refractivity contribution is 6.03. The van der Waals surface area contributed by atoms with Gasteiger partial charge in [0.25, 0.3) is 5.56 Å². The lowest BCUT2D eigenvalue weighted by Crippen LogP contribution is -2.32. The molecule has 10 nitrogen and oxygen atoms in total. The normalized spacial score (nSPS) is 15.9. The number of rotatable bonds is 5. The van der Waals surface area contributed by atoms with Crippen molar-refractivity contribution in [2.24, 2.45) is 12.1 Å². The number of benzene rings is 1. The molecule has 0 unspecified atom stereocenters. The van der Waals surface area contributed by atoms with Gasteiger partial charge in [0, 0.05) is 13.5 Å². The average molecular weight is 376 g/mol. The zero-order valence-electron chi connectivity index (χ0n) is 15.3. The molecule has 1 aromatic carbocycles. The summed E-state index contributed by atoms with van der Waals surface area (Å²) in [4.78, 5) is 25.9. The van der Waals surface area contributed by atoms with E-state index in [4.69, 9.17) is 14.2 Å². The minimum Gasteiger partial charge on any atom is -0.494 e. The van der Waals surface area contributed by atoms with E-state index < -0.39 is 17.1 Å². The third kappa shape index (κ3) is 3.09. The van der Waals surface area contributed by atoms with Crippen molar-refractivity contribution in [3.63, 3.8) is 0 Å². The average Bonchev–Trinajstić information content (AvgIpc) is 3.14. The summed E-state index contributed by atoms with van der Waals surface area (Å²) < 4.78 is 17.0. The number of hydrogen-bond donors (Lipinski definition) is 3. The Balaban J connectivity index is 1.96. The molecule has 27 heavy (non-hydrogen) atoms. The van der Waals surface area contributed by atoms with Crippen LogP contribution in [0.3, 0.4) is 0 Å². The second kappa shape index (κ2) is 7.06. The van der Waals surface area contributed by atoms with E-state index in [0.717, 1.165) is 10.1 Å². The van der Waals surface area contributed by atoms with Crippen LogP contribution in [-0.2, 0) is 7.05 Å². The van der Waals surface area contributed by atoms with Gasteiger partial charge in [0.1, 0.15) is 5.56 Å². The van der Waals surface area contributed by atoms with E-state index in [0.29, 0.717) is 29.4 Å². The van der Waals surface area contributed by atoms with Crippen molar-refractivity contribution in [1.29, 1.82) is 0 Å². The molecule has 2 heterocycles. The van der Waals surface area contributed by atoms with Gasteiger partial charge in [-0.25, -0.2) is 4.79 Å². The molecule has 1 aliphatic heterocycles. The Kier molecular flexibility index (Phi) is 4.80. The van der Waals surface area contributed by atoms with Crippen molar-refractivity contribution in [3.8, 4) is 23.1 Å². The third-order valence-electron chi connectivity index (χ3n) is 4.42. The van der Waals surface area contributed by atoms with Crippen LogP contribution in [0.1, 0.15) is 23.6 Å². The maximum atomic E-state index is 12.1. The highest BCUT2D eigenvalue weighted by atomic mass is 16.5. The Bertz CT molecular complexity index is 998. The summed E-state index contributed by atoms with van der Waals surface area (Å²) >= 11 is 0. The van der Waals surface area contributed by atoms with E-state index in [-0.39, 0.29) is 11.6 Å². The predicted octanol–water partition coefficient (Wildman–Crippen LogP) is 0.244. The van der Waals surface area contributed by atoms with Crippen LogP contribution in [0.25, 0.3) is 0 Å². The largest absolute Gasteiger partial charge is 0.494 e. The van der Waals surface area contributed by atoms with Gasteiger partial charge in [-0.2, -0.15) is 5.10 Å². The fourth-order valence-corrected chi connectivity index (χ4v) is 2.96. The fraction of sp³-hybridized carbons (Fsp3) is 0.353. The summed E-state index contributed by atoms with van der Waals surface area (Å²) in [6.07, 6.45) is 0.313. The van der Waals surface area contributed by atoms with Crippen LogP contribution in [0, 0.1) is 0 Å². The van der Waals surface area contributed by atoms with Gasteiger partial charge in [0.2, 0.25) is 11.6 Å². The minimum atomic E-state index is -0.700. The zero-order chi connectivity index (χ0) is 19.7. The number of nitrogens with zero attached hydrogens (tertiary/aromatic N) is 2. The maximum absolute atomic E-state index is 12.1. The maximum Gasteiger partial charge on any atom is 0.330 e. The number of nitrogens with one attached hydrogen (secondary N) is 2. The van der Waals surface area contributed by atoms with Crippen molar-refractivity contribution in [1.82, 2.24) is 15.0 Å². The van der Waals surface area contributed by atoms with Gasteiger partial charge in [-0.3, -0.25) is 14.3 Å². The van der Waals surface area contributed by atoms with Crippen LogP contribution in [-0.4, -0.2) is 41.7 Å². The SMILES string of the molecule is COc1cc([C@@H]2CC(c3c(O)n(C)c(=O)[nH]c3=O)=NN2)cc(OC)c1OC. The van der Waals surface area contributed by atoms with E-state index >= 15 is 0 Å². The van der Waals surface area contributed by atoms with Gasteiger partial charge in [-0.1, -0.05) is 0 Å². The molecule has 3 N–H and O–H groups in total. The van der Waals surface area contributed by atoms with Gasteiger partial charge < -0.3 is 24.7 Å². The van der Waals surface area contributed by atoms with Crippen molar-refractivity contribution >= 4 is 5.71 Å². The predicted molar refractivity (Wildman–Crippen MR) is 97.1 cm³/mol. The quantitative estimate of drug-likeness (QED) is 0.682. The van der Waals surface area contributed by atoms with E-state index in [1.165, 1.54) is 28.4 Å². The molecular weight excluding hydrogens is 356 g/mol. The molecule has 0 radical (unpaired) electrons. The molecule has 2 aromatic rings. The van der Waals surface area contributed by atoms with Crippen molar-refractivity contribution in [2.45, 2.75) is 12.5 Å². The molecule has 0 bridgehead atoms. The van der Waals surface area contributed by atoms with Gasteiger partial charge in [0.05, 0.1) is 33.1 Å². The fourth-order valence-electron chi connectivity index (χ4n) is 2.96.